The van der Waals surface area contributed by atoms with E-state index in [0.717, 1.165) is 17.7 Å². The van der Waals surface area contributed by atoms with Crippen molar-refractivity contribution in [3.05, 3.63) is 72.1 Å². The van der Waals surface area contributed by atoms with Gasteiger partial charge in [0.2, 0.25) is 0 Å². The van der Waals surface area contributed by atoms with Gasteiger partial charge in [0.05, 0.1) is 27.7 Å². The maximum atomic E-state index is 12.3. The van der Waals surface area contributed by atoms with Gasteiger partial charge in [0.1, 0.15) is 5.82 Å². The minimum atomic E-state index is -3.29. The number of sulfone groups is 1. The van der Waals surface area contributed by atoms with Crippen LogP contribution in [0.1, 0.15) is 25.1 Å². The lowest BCUT2D eigenvalue weighted by molar-refractivity contribution is 0.587. The van der Waals surface area contributed by atoms with Crippen LogP contribution in [0, 0.1) is 0 Å². The van der Waals surface area contributed by atoms with E-state index in [-0.39, 0.29) is 0 Å². The molecule has 0 saturated heterocycles. The summed E-state index contributed by atoms with van der Waals surface area (Å²) in [5.74, 6) is 0.425. The zero-order chi connectivity index (χ0) is 19.4. The number of benzene rings is 2. The molecule has 3 rings (SSSR count). The van der Waals surface area contributed by atoms with Gasteiger partial charge in [0, 0.05) is 5.56 Å². The summed E-state index contributed by atoms with van der Waals surface area (Å²) in [5.41, 5.74) is 9.45. The Bertz CT molecular complexity index is 1020. The Morgan fingerprint density at radius 3 is 2.26 bits per heavy atom. The zero-order valence-electron chi connectivity index (χ0n) is 15.5. The molecule has 0 aliphatic heterocycles. The van der Waals surface area contributed by atoms with Crippen molar-refractivity contribution in [1.29, 1.82) is 0 Å². The highest BCUT2D eigenvalue weighted by Gasteiger charge is 2.19. The van der Waals surface area contributed by atoms with Crippen LogP contribution in [0.15, 0.2) is 65.7 Å². The van der Waals surface area contributed by atoms with Crippen LogP contribution in [0.25, 0.3) is 11.3 Å². The molecule has 1 aromatic heterocycles. The van der Waals surface area contributed by atoms with E-state index in [9.17, 15) is 8.42 Å². The van der Waals surface area contributed by atoms with E-state index in [1.54, 1.807) is 44.3 Å². The predicted molar refractivity (Wildman–Crippen MR) is 108 cm³/mol. The second-order valence-electron chi connectivity index (χ2n) is 6.69. The molecule has 0 amide bonds. The molecule has 1 heterocycles. The van der Waals surface area contributed by atoms with Crippen LogP contribution in [0.2, 0.25) is 0 Å². The topological polar surface area (TPSA) is 85.9 Å². The first kappa shape index (κ1) is 19.0. The first-order valence-electron chi connectivity index (χ1n) is 8.87. The first-order valence-corrected chi connectivity index (χ1v) is 10.4. The van der Waals surface area contributed by atoms with E-state index < -0.39 is 15.1 Å². The number of nitrogens with two attached hydrogens (primary N) is 1. The van der Waals surface area contributed by atoms with Gasteiger partial charge in [-0.25, -0.2) is 18.4 Å². The van der Waals surface area contributed by atoms with Crippen LogP contribution in [0.5, 0.6) is 0 Å². The van der Waals surface area contributed by atoms with Gasteiger partial charge in [0.15, 0.2) is 9.84 Å². The fraction of sp³-hybridized carbons (Fsp3) is 0.238. The molecule has 0 unspecified atom stereocenters. The summed E-state index contributed by atoms with van der Waals surface area (Å²) in [6, 6.07) is 16.9. The number of nitrogens with zero attached hydrogens (tertiary/aromatic N) is 2. The largest absolute Gasteiger partial charge is 0.382 e. The average Bonchev–Trinajstić information content (AvgIpc) is 2.68. The van der Waals surface area contributed by atoms with Gasteiger partial charge in [0.25, 0.3) is 0 Å². The number of aromatic nitrogens is 2. The third kappa shape index (κ3) is 4.34. The highest BCUT2D eigenvalue weighted by Crippen LogP contribution is 2.23. The van der Waals surface area contributed by atoms with Gasteiger partial charge < -0.3 is 5.73 Å². The van der Waals surface area contributed by atoms with E-state index in [2.05, 4.69) is 22.1 Å². The lowest BCUT2D eigenvalue weighted by atomic mass is 10.1. The van der Waals surface area contributed by atoms with Crippen molar-refractivity contribution >= 4 is 15.7 Å². The van der Waals surface area contributed by atoms with E-state index in [1.165, 1.54) is 5.56 Å². The SMILES string of the molecule is CC(C)S(=O)(=O)c1ccc(-c2cnc(N)c(CCc3ccccc3)n2)cc1. The summed E-state index contributed by atoms with van der Waals surface area (Å²) in [6.45, 7) is 3.35. The third-order valence-electron chi connectivity index (χ3n) is 4.47. The Morgan fingerprint density at radius 1 is 0.963 bits per heavy atom. The highest BCUT2D eigenvalue weighted by atomic mass is 32.2. The van der Waals surface area contributed by atoms with Crippen LogP contribution < -0.4 is 5.73 Å². The Balaban J connectivity index is 1.83. The minimum Gasteiger partial charge on any atom is -0.382 e. The van der Waals surface area contributed by atoms with E-state index in [4.69, 9.17) is 5.73 Å². The summed E-state index contributed by atoms with van der Waals surface area (Å²) in [5, 5.41) is -0.454. The molecular formula is C21H23N3O2S. The molecule has 0 aliphatic rings. The number of anilines is 1. The van der Waals surface area contributed by atoms with Crippen LogP contribution in [0.3, 0.4) is 0 Å². The van der Waals surface area contributed by atoms with E-state index in [1.807, 2.05) is 18.2 Å². The van der Waals surface area contributed by atoms with Gasteiger partial charge in [-0.1, -0.05) is 42.5 Å². The first-order chi connectivity index (χ1) is 12.9. The number of hydrogen-bond donors (Lipinski definition) is 1. The van der Waals surface area contributed by atoms with Crippen molar-refractivity contribution in [2.75, 3.05) is 5.73 Å². The number of rotatable bonds is 6. The summed E-state index contributed by atoms with van der Waals surface area (Å²) in [7, 11) is -3.29. The summed E-state index contributed by atoms with van der Waals surface area (Å²) >= 11 is 0. The molecule has 5 nitrogen and oxygen atoms in total. The molecule has 0 spiro atoms. The maximum absolute atomic E-state index is 12.3. The standard InChI is InChI=1S/C21H23N3O2S/c1-15(2)27(25,26)18-11-9-17(10-12-18)20-14-23-21(22)19(24-20)13-8-16-6-4-3-5-7-16/h3-7,9-12,14-15H,8,13H2,1-2H3,(H2,22,23). The van der Waals surface area contributed by atoms with Crippen molar-refractivity contribution < 1.29 is 8.42 Å². The molecule has 27 heavy (non-hydrogen) atoms. The van der Waals surface area contributed by atoms with Crippen LogP contribution in [-0.4, -0.2) is 23.6 Å². The van der Waals surface area contributed by atoms with E-state index >= 15 is 0 Å². The van der Waals surface area contributed by atoms with Crippen LogP contribution >= 0.6 is 0 Å². The molecule has 3 aromatic rings. The molecule has 0 radical (unpaired) electrons. The van der Waals surface area contributed by atoms with Crippen molar-refractivity contribution in [3.8, 4) is 11.3 Å². The molecule has 0 aliphatic carbocycles. The Morgan fingerprint density at radius 2 is 1.63 bits per heavy atom. The fourth-order valence-corrected chi connectivity index (χ4v) is 3.81. The van der Waals surface area contributed by atoms with Crippen LogP contribution in [0.4, 0.5) is 5.82 Å². The molecule has 6 heteroatoms. The number of aryl methyl sites for hydroxylation is 2. The molecule has 140 valence electrons. The Hall–Kier alpha value is -2.73. The van der Waals surface area contributed by atoms with E-state index in [0.29, 0.717) is 22.8 Å². The van der Waals surface area contributed by atoms with Crippen LogP contribution in [-0.2, 0) is 22.7 Å². The fourth-order valence-electron chi connectivity index (χ4n) is 2.75. The molecule has 0 atom stereocenters. The molecule has 0 fully saturated rings. The normalized spacial score (nSPS) is 11.7. The van der Waals surface area contributed by atoms with Gasteiger partial charge >= 0.3 is 0 Å². The van der Waals surface area contributed by atoms with Gasteiger partial charge in [-0.2, -0.15) is 0 Å². The molecule has 0 bridgehead atoms. The van der Waals surface area contributed by atoms with Crippen molar-refractivity contribution in [1.82, 2.24) is 9.97 Å². The minimum absolute atomic E-state index is 0.314. The third-order valence-corrected chi connectivity index (χ3v) is 6.64. The average molecular weight is 382 g/mol. The van der Waals surface area contributed by atoms with Gasteiger partial charge in [-0.3, -0.25) is 0 Å². The number of hydrogen-bond acceptors (Lipinski definition) is 5. The molecule has 2 N–H and O–H groups in total. The Labute approximate surface area is 160 Å². The molecule has 2 aromatic carbocycles. The smallest absolute Gasteiger partial charge is 0.180 e. The highest BCUT2D eigenvalue weighted by molar-refractivity contribution is 7.92. The predicted octanol–water partition coefficient (Wildman–Crippen LogP) is 3.69. The molecule has 0 saturated carbocycles. The zero-order valence-corrected chi connectivity index (χ0v) is 16.3. The second kappa shape index (κ2) is 7.88. The van der Waals surface area contributed by atoms with Gasteiger partial charge in [-0.15, -0.1) is 0 Å². The van der Waals surface area contributed by atoms with Crippen molar-refractivity contribution in [3.63, 3.8) is 0 Å². The summed E-state index contributed by atoms with van der Waals surface area (Å²) < 4.78 is 24.5. The lowest BCUT2D eigenvalue weighted by Gasteiger charge is -2.10. The second-order valence-corrected chi connectivity index (χ2v) is 9.20. The van der Waals surface area contributed by atoms with Crippen molar-refractivity contribution in [2.45, 2.75) is 36.8 Å². The maximum Gasteiger partial charge on any atom is 0.180 e. The monoisotopic (exact) mass is 381 g/mol. The number of nitrogen functional groups attached to an aromatic ring is 1. The quantitative estimate of drug-likeness (QED) is 0.704. The van der Waals surface area contributed by atoms with Gasteiger partial charge in [-0.05, 0) is 44.4 Å². The lowest BCUT2D eigenvalue weighted by Crippen LogP contribution is -2.13. The Kier molecular flexibility index (Phi) is 5.56. The molecular weight excluding hydrogens is 358 g/mol. The summed E-state index contributed by atoms with van der Waals surface area (Å²) in [6.07, 6.45) is 3.14. The van der Waals surface area contributed by atoms with Crippen molar-refractivity contribution in [2.24, 2.45) is 0 Å². The summed E-state index contributed by atoms with van der Waals surface area (Å²) in [4.78, 5) is 9.23.